The molecule has 0 spiro atoms. The second kappa shape index (κ2) is 11.3. The summed E-state index contributed by atoms with van der Waals surface area (Å²) < 4.78 is 5.02. The molecule has 4 N–H and O–H groups in total. The van der Waals surface area contributed by atoms with Crippen LogP contribution < -0.4 is 0 Å². The molecule has 0 bridgehead atoms. The van der Waals surface area contributed by atoms with Crippen LogP contribution in [0.15, 0.2) is 35.2 Å². The highest BCUT2D eigenvalue weighted by Gasteiger charge is 2.40. The molecular formula is C21H32O6. The summed E-state index contributed by atoms with van der Waals surface area (Å²) in [4.78, 5) is 10.5. The predicted octanol–water partition coefficient (Wildman–Crippen LogP) is 2.91. The van der Waals surface area contributed by atoms with Crippen LogP contribution in [-0.4, -0.2) is 44.7 Å². The SMILES string of the molecule is O=C(O)CCC/C=C\C[C@@H]1[C@@H](CCC(O)CCc2ccoc2)[C@H](O)C[C@@H]1O. The minimum Gasteiger partial charge on any atom is -0.481 e. The van der Waals surface area contributed by atoms with E-state index >= 15 is 0 Å². The molecule has 6 nitrogen and oxygen atoms in total. The Bertz CT molecular complexity index is 567. The molecule has 1 aromatic rings. The van der Waals surface area contributed by atoms with Gasteiger partial charge in [0.05, 0.1) is 30.8 Å². The van der Waals surface area contributed by atoms with Gasteiger partial charge in [0.15, 0.2) is 0 Å². The van der Waals surface area contributed by atoms with Crippen LogP contribution in [0.4, 0.5) is 0 Å². The summed E-state index contributed by atoms with van der Waals surface area (Å²) in [6.07, 6.45) is 11.0. The molecule has 1 aliphatic carbocycles. The highest BCUT2D eigenvalue weighted by molar-refractivity contribution is 5.66. The molecule has 1 aromatic heterocycles. The molecule has 1 unspecified atom stereocenters. The zero-order valence-electron chi connectivity index (χ0n) is 15.7. The molecule has 1 fully saturated rings. The number of hydrogen-bond donors (Lipinski definition) is 4. The van der Waals surface area contributed by atoms with Crippen LogP contribution in [0.1, 0.15) is 56.9 Å². The summed E-state index contributed by atoms with van der Waals surface area (Å²) in [5.74, 6) is -0.826. The highest BCUT2D eigenvalue weighted by atomic mass is 16.4. The van der Waals surface area contributed by atoms with Crippen LogP contribution in [0.5, 0.6) is 0 Å². The summed E-state index contributed by atoms with van der Waals surface area (Å²) in [5.41, 5.74) is 1.07. The topological polar surface area (TPSA) is 111 Å². The molecule has 2 rings (SSSR count). The second-order valence-electron chi connectivity index (χ2n) is 7.59. The molecule has 152 valence electrons. The number of unbranched alkanes of at least 4 members (excludes halogenated alkanes) is 1. The number of allylic oxidation sites excluding steroid dienone is 2. The number of carbonyl (C=O) groups is 1. The summed E-state index contributed by atoms with van der Waals surface area (Å²) >= 11 is 0. The van der Waals surface area contributed by atoms with Crippen LogP contribution >= 0.6 is 0 Å². The van der Waals surface area contributed by atoms with Gasteiger partial charge in [-0.3, -0.25) is 4.79 Å². The lowest BCUT2D eigenvalue weighted by Gasteiger charge is -2.23. The molecule has 0 radical (unpaired) electrons. The van der Waals surface area contributed by atoms with Gasteiger partial charge in [-0.15, -0.1) is 0 Å². The fraction of sp³-hybridized carbons (Fsp3) is 0.667. The first-order valence-corrected chi connectivity index (χ1v) is 9.89. The van der Waals surface area contributed by atoms with E-state index in [1.165, 1.54) is 0 Å². The van der Waals surface area contributed by atoms with E-state index in [0.29, 0.717) is 44.9 Å². The Kier molecular flexibility index (Phi) is 9.04. The number of carboxylic acids is 1. The summed E-state index contributed by atoms with van der Waals surface area (Å²) in [6.45, 7) is 0. The number of aliphatic hydroxyl groups excluding tert-OH is 3. The molecule has 27 heavy (non-hydrogen) atoms. The Labute approximate surface area is 160 Å². The maximum atomic E-state index is 10.5. The van der Waals surface area contributed by atoms with Gasteiger partial charge in [-0.2, -0.15) is 0 Å². The molecule has 5 atom stereocenters. The fourth-order valence-corrected chi connectivity index (χ4v) is 3.95. The van der Waals surface area contributed by atoms with Gasteiger partial charge in [-0.05, 0) is 74.8 Å². The van der Waals surface area contributed by atoms with Crippen LogP contribution in [0, 0.1) is 11.8 Å². The lowest BCUT2D eigenvalue weighted by atomic mass is 9.85. The van der Waals surface area contributed by atoms with Crippen molar-refractivity contribution in [2.45, 2.75) is 76.1 Å². The maximum absolute atomic E-state index is 10.5. The highest BCUT2D eigenvalue weighted by Crippen LogP contribution is 2.38. The Morgan fingerprint density at radius 3 is 2.70 bits per heavy atom. The van der Waals surface area contributed by atoms with Gasteiger partial charge in [-0.1, -0.05) is 12.2 Å². The van der Waals surface area contributed by atoms with E-state index in [9.17, 15) is 20.1 Å². The van der Waals surface area contributed by atoms with Crippen molar-refractivity contribution in [2.24, 2.45) is 11.8 Å². The molecule has 0 aromatic carbocycles. The summed E-state index contributed by atoms with van der Waals surface area (Å²) in [6, 6.07) is 1.89. The Balaban J connectivity index is 1.73. The Hall–Kier alpha value is -1.63. The number of carboxylic acid groups (broad SMARTS) is 1. The van der Waals surface area contributed by atoms with Crippen molar-refractivity contribution < 1.29 is 29.6 Å². The monoisotopic (exact) mass is 380 g/mol. The smallest absolute Gasteiger partial charge is 0.303 e. The maximum Gasteiger partial charge on any atom is 0.303 e. The Morgan fingerprint density at radius 1 is 1.22 bits per heavy atom. The molecule has 6 heteroatoms. The number of hydrogen-bond acceptors (Lipinski definition) is 5. The third kappa shape index (κ3) is 7.48. The lowest BCUT2D eigenvalue weighted by molar-refractivity contribution is -0.137. The van der Waals surface area contributed by atoms with E-state index in [0.717, 1.165) is 12.0 Å². The van der Waals surface area contributed by atoms with Crippen LogP contribution in [-0.2, 0) is 11.2 Å². The fourth-order valence-electron chi connectivity index (χ4n) is 3.95. The van der Waals surface area contributed by atoms with E-state index in [4.69, 9.17) is 9.52 Å². The molecule has 0 saturated heterocycles. The van der Waals surface area contributed by atoms with Crippen LogP contribution in [0.25, 0.3) is 0 Å². The van der Waals surface area contributed by atoms with Crippen molar-refractivity contribution in [3.8, 4) is 0 Å². The predicted molar refractivity (Wildman–Crippen MR) is 101 cm³/mol. The quantitative estimate of drug-likeness (QED) is 0.328. The largest absolute Gasteiger partial charge is 0.481 e. The van der Waals surface area contributed by atoms with Crippen LogP contribution in [0.2, 0.25) is 0 Å². The normalized spacial score (nSPS) is 26.6. The second-order valence-corrected chi connectivity index (χ2v) is 7.59. The van der Waals surface area contributed by atoms with Crippen molar-refractivity contribution in [1.82, 2.24) is 0 Å². The first-order chi connectivity index (χ1) is 13.0. The number of aliphatic hydroxyl groups is 3. The zero-order valence-corrected chi connectivity index (χ0v) is 15.7. The Morgan fingerprint density at radius 2 is 2.00 bits per heavy atom. The number of aliphatic carboxylic acids is 1. The van der Waals surface area contributed by atoms with E-state index in [-0.39, 0.29) is 18.3 Å². The van der Waals surface area contributed by atoms with Crippen molar-refractivity contribution >= 4 is 5.97 Å². The molecular weight excluding hydrogens is 348 g/mol. The number of aryl methyl sites for hydroxylation is 1. The minimum atomic E-state index is -0.788. The lowest BCUT2D eigenvalue weighted by Crippen LogP contribution is -2.23. The van der Waals surface area contributed by atoms with Gasteiger partial charge >= 0.3 is 5.97 Å². The summed E-state index contributed by atoms with van der Waals surface area (Å²) in [7, 11) is 0. The van der Waals surface area contributed by atoms with E-state index in [1.54, 1.807) is 12.5 Å². The first kappa shape index (κ1) is 21.7. The molecule has 0 amide bonds. The third-order valence-electron chi connectivity index (χ3n) is 5.54. The van der Waals surface area contributed by atoms with Gasteiger partial charge < -0.3 is 24.8 Å². The van der Waals surface area contributed by atoms with E-state index < -0.39 is 24.3 Å². The molecule has 1 aliphatic rings. The standard InChI is InChI=1S/C21H32O6/c22-16(8-7-15-11-12-27-14-15)9-10-18-17(19(23)13-20(18)24)5-3-1-2-4-6-21(25)26/h1,3,11-12,14,16-20,22-24H,2,4-10,13H2,(H,25,26)/b3-1-/t16?,17-,18-,19+,20-/m1/s1. The molecule has 0 aliphatic heterocycles. The summed E-state index contributed by atoms with van der Waals surface area (Å²) in [5, 5.41) is 39.4. The zero-order chi connectivity index (χ0) is 19.6. The van der Waals surface area contributed by atoms with Gasteiger partial charge in [0, 0.05) is 6.42 Å². The van der Waals surface area contributed by atoms with Gasteiger partial charge in [0.25, 0.3) is 0 Å². The average molecular weight is 380 g/mol. The number of rotatable bonds is 12. The first-order valence-electron chi connectivity index (χ1n) is 9.89. The van der Waals surface area contributed by atoms with E-state index in [1.807, 2.05) is 18.2 Å². The van der Waals surface area contributed by atoms with Crippen molar-refractivity contribution in [3.63, 3.8) is 0 Å². The van der Waals surface area contributed by atoms with Gasteiger partial charge in [0.1, 0.15) is 0 Å². The van der Waals surface area contributed by atoms with Crippen molar-refractivity contribution in [1.29, 1.82) is 0 Å². The van der Waals surface area contributed by atoms with E-state index in [2.05, 4.69) is 0 Å². The average Bonchev–Trinajstić information content (AvgIpc) is 3.22. The number of furan rings is 1. The van der Waals surface area contributed by atoms with Crippen molar-refractivity contribution in [3.05, 3.63) is 36.3 Å². The minimum absolute atomic E-state index is 0.0169. The third-order valence-corrected chi connectivity index (χ3v) is 5.54. The molecule has 1 saturated carbocycles. The van der Waals surface area contributed by atoms with Gasteiger partial charge in [-0.25, -0.2) is 0 Å². The van der Waals surface area contributed by atoms with Gasteiger partial charge in [0.2, 0.25) is 0 Å². The van der Waals surface area contributed by atoms with Crippen molar-refractivity contribution in [2.75, 3.05) is 0 Å². The molecule has 1 heterocycles. The van der Waals surface area contributed by atoms with Crippen LogP contribution in [0.3, 0.4) is 0 Å².